The maximum atomic E-state index is 11.6. The molecule has 0 aromatic carbocycles. The lowest BCUT2D eigenvalue weighted by Gasteiger charge is -2.08. The molecule has 4 heteroatoms. The van der Waals surface area contributed by atoms with Gasteiger partial charge in [-0.3, -0.25) is 9.59 Å². The van der Waals surface area contributed by atoms with Crippen LogP contribution in [0.1, 0.15) is 25.3 Å². The lowest BCUT2D eigenvalue weighted by atomic mass is 10.0. The Labute approximate surface area is 81.8 Å². The molecule has 0 saturated heterocycles. The Morgan fingerprint density at radius 2 is 2.29 bits per heavy atom. The van der Waals surface area contributed by atoms with Crippen LogP contribution in [0, 0.1) is 0 Å². The van der Waals surface area contributed by atoms with E-state index >= 15 is 0 Å². The first kappa shape index (κ1) is 10.5. The van der Waals surface area contributed by atoms with E-state index in [1.165, 1.54) is 11.5 Å². The van der Waals surface area contributed by atoms with E-state index in [0.717, 1.165) is 0 Å². The molecule has 0 aliphatic heterocycles. The molecular formula is C10H13NO3. The van der Waals surface area contributed by atoms with Gasteiger partial charge < -0.3 is 9.67 Å². The fourth-order valence-electron chi connectivity index (χ4n) is 1.27. The number of pyridine rings is 1. The van der Waals surface area contributed by atoms with Gasteiger partial charge in [0.15, 0.2) is 0 Å². The van der Waals surface area contributed by atoms with Crippen molar-refractivity contribution in [3.63, 3.8) is 0 Å². The quantitative estimate of drug-likeness (QED) is 0.784. The first-order valence-electron chi connectivity index (χ1n) is 4.50. The lowest BCUT2D eigenvalue weighted by molar-refractivity contribution is -0.138. The van der Waals surface area contributed by atoms with Crippen LogP contribution in [0.15, 0.2) is 23.1 Å². The Morgan fingerprint density at radius 1 is 1.64 bits per heavy atom. The van der Waals surface area contributed by atoms with Gasteiger partial charge >= 0.3 is 5.97 Å². The van der Waals surface area contributed by atoms with Crippen molar-refractivity contribution in [2.24, 2.45) is 0 Å². The predicted octanol–water partition coefficient (Wildman–Crippen LogP) is 1.06. The molecule has 0 amide bonds. The van der Waals surface area contributed by atoms with Crippen molar-refractivity contribution in [1.82, 2.24) is 4.57 Å². The second kappa shape index (κ2) is 4.09. The van der Waals surface area contributed by atoms with Crippen LogP contribution < -0.4 is 5.56 Å². The Bertz CT molecular complexity index is 395. The summed E-state index contributed by atoms with van der Waals surface area (Å²) in [5, 5.41) is 8.78. The van der Waals surface area contributed by atoms with Crippen molar-refractivity contribution in [3.8, 4) is 0 Å². The summed E-state index contributed by atoms with van der Waals surface area (Å²) in [6, 6.07) is 3.26. The average molecular weight is 195 g/mol. The van der Waals surface area contributed by atoms with E-state index in [2.05, 4.69) is 0 Å². The Kier molecular flexibility index (Phi) is 3.06. The molecule has 4 nitrogen and oxygen atoms in total. The van der Waals surface area contributed by atoms with Gasteiger partial charge in [-0.25, -0.2) is 0 Å². The molecule has 0 saturated carbocycles. The highest BCUT2D eigenvalue weighted by molar-refractivity contribution is 5.75. The molecule has 0 fully saturated rings. The zero-order valence-corrected chi connectivity index (χ0v) is 8.23. The second-order valence-electron chi connectivity index (χ2n) is 3.11. The van der Waals surface area contributed by atoms with Gasteiger partial charge in [0.2, 0.25) is 0 Å². The Hall–Kier alpha value is -1.58. The minimum Gasteiger partial charge on any atom is -0.481 e. The zero-order chi connectivity index (χ0) is 10.7. The molecule has 1 aromatic heterocycles. The fourth-order valence-corrected chi connectivity index (χ4v) is 1.27. The van der Waals surface area contributed by atoms with Crippen molar-refractivity contribution in [2.75, 3.05) is 0 Å². The summed E-state index contributed by atoms with van der Waals surface area (Å²) in [6.45, 7) is 3.91. The molecule has 0 spiro atoms. The van der Waals surface area contributed by atoms with E-state index in [4.69, 9.17) is 5.11 Å². The highest BCUT2D eigenvalue weighted by Crippen LogP contribution is 2.09. The summed E-state index contributed by atoms with van der Waals surface area (Å²) in [5.41, 5.74) is 0.117. The number of hydrogen-bond acceptors (Lipinski definition) is 2. The fraction of sp³-hybridized carbons (Fsp3) is 0.400. The standard InChI is InChI=1S/C10H13NO3/c1-3-11-6-4-5-8(9(11)12)7(2)10(13)14/h4-7H,3H2,1-2H3,(H,13,14). The van der Waals surface area contributed by atoms with Crippen molar-refractivity contribution in [1.29, 1.82) is 0 Å². The molecule has 1 aromatic rings. The maximum Gasteiger partial charge on any atom is 0.310 e. The third kappa shape index (κ3) is 1.84. The monoisotopic (exact) mass is 195 g/mol. The summed E-state index contributed by atoms with van der Waals surface area (Å²) < 4.78 is 1.49. The highest BCUT2D eigenvalue weighted by atomic mass is 16.4. The third-order valence-corrected chi connectivity index (χ3v) is 2.23. The number of hydrogen-bond donors (Lipinski definition) is 1. The molecular weight excluding hydrogens is 182 g/mol. The van der Waals surface area contributed by atoms with Crippen LogP contribution in [0.3, 0.4) is 0 Å². The molecule has 0 aliphatic carbocycles. The van der Waals surface area contributed by atoms with Crippen LogP contribution in [0.4, 0.5) is 0 Å². The topological polar surface area (TPSA) is 59.3 Å². The molecule has 1 unspecified atom stereocenters. The predicted molar refractivity (Wildman–Crippen MR) is 52.4 cm³/mol. The minimum atomic E-state index is -0.976. The average Bonchev–Trinajstić information content (AvgIpc) is 2.17. The van der Waals surface area contributed by atoms with Crippen molar-refractivity contribution >= 4 is 5.97 Å². The third-order valence-electron chi connectivity index (χ3n) is 2.23. The van der Waals surface area contributed by atoms with Crippen LogP contribution in [0.25, 0.3) is 0 Å². The molecule has 0 aliphatic rings. The lowest BCUT2D eigenvalue weighted by Crippen LogP contribution is -2.25. The summed E-state index contributed by atoms with van der Waals surface area (Å²) in [4.78, 5) is 22.3. The van der Waals surface area contributed by atoms with Crippen molar-refractivity contribution in [2.45, 2.75) is 26.3 Å². The molecule has 14 heavy (non-hydrogen) atoms. The van der Waals surface area contributed by atoms with Crippen LogP contribution in [0.5, 0.6) is 0 Å². The SMILES string of the molecule is CCn1cccc(C(C)C(=O)O)c1=O. The molecule has 1 rings (SSSR count). The number of carbonyl (C=O) groups is 1. The van der Waals surface area contributed by atoms with E-state index in [-0.39, 0.29) is 5.56 Å². The Balaban J connectivity index is 3.23. The molecule has 0 bridgehead atoms. The van der Waals surface area contributed by atoms with E-state index in [1.54, 1.807) is 18.3 Å². The summed E-state index contributed by atoms with van der Waals surface area (Å²) in [5.74, 6) is -1.72. The van der Waals surface area contributed by atoms with Gasteiger partial charge in [0, 0.05) is 18.3 Å². The first-order chi connectivity index (χ1) is 6.57. The number of carboxylic acid groups (broad SMARTS) is 1. The summed E-state index contributed by atoms with van der Waals surface area (Å²) in [7, 11) is 0. The van der Waals surface area contributed by atoms with Gasteiger partial charge in [-0.15, -0.1) is 0 Å². The number of aromatic nitrogens is 1. The van der Waals surface area contributed by atoms with Gasteiger partial charge in [0.05, 0.1) is 5.92 Å². The van der Waals surface area contributed by atoms with E-state index in [9.17, 15) is 9.59 Å². The van der Waals surface area contributed by atoms with Crippen molar-refractivity contribution in [3.05, 3.63) is 34.2 Å². The summed E-state index contributed by atoms with van der Waals surface area (Å²) in [6.07, 6.45) is 1.65. The molecule has 1 heterocycles. The normalized spacial score (nSPS) is 12.4. The van der Waals surface area contributed by atoms with Gasteiger partial charge in [0.1, 0.15) is 0 Å². The van der Waals surface area contributed by atoms with Gasteiger partial charge in [0.25, 0.3) is 5.56 Å². The van der Waals surface area contributed by atoms with Crippen LogP contribution in [-0.4, -0.2) is 15.6 Å². The first-order valence-corrected chi connectivity index (χ1v) is 4.50. The van der Waals surface area contributed by atoms with Crippen molar-refractivity contribution < 1.29 is 9.90 Å². The van der Waals surface area contributed by atoms with E-state index < -0.39 is 11.9 Å². The number of nitrogens with zero attached hydrogens (tertiary/aromatic N) is 1. The molecule has 1 atom stereocenters. The number of rotatable bonds is 3. The van der Waals surface area contributed by atoms with E-state index in [0.29, 0.717) is 12.1 Å². The van der Waals surface area contributed by atoms with Crippen LogP contribution in [-0.2, 0) is 11.3 Å². The number of aliphatic carboxylic acids is 1. The highest BCUT2D eigenvalue weighted by Gasteiger charge is 2.17. The molecule has 76 valence electrons. The van der Waals surface area contributed by atoms with Gasteiger partial charge in [-0.2, -0.15) is 0 Å². The van der Waals surface area contributed by atoms with Gasteiger partial charge in [-0.1, -0.05) is 6.07 Å². The second-order valence-corrected chi connectivity index (χ2v) is 3.11. The number of carboxylic acids is 1. The molecule has 1 N–H and O–H groups in total. The number of aryl methyl sites for hydroxylation is 1. The van der Waals surface area contributed by atoms with Crippen LogP contribution in [0.2, 0.25) is 0 Å². The largest absolute Gasteiger partial charge is 0.481 e. The van der Waals surface area contributed by atoms with Gasteiger partial charge in [-0.05, 0) is 19.9 Å². The van der Waals surface area contributed by atoms with Crippen LogP contribution >= 0.6 is 0 Å². The maximum absolute atomic E-state index is 11.6. The minimum absolute atomic E-state index is 0.218. The smallest absolute Gasteiger partial charge is 0.310 e. The van der Waals surface area contributed by atoms with E-state index in [1.807, 2.05) is 6.92 Å². The Morgan fingerprint density at radius 3 is 2.79 bits per heavy atom. The molecule has 0 radical (unpaired) electrons. The zero-order valence-electron chi connectivity index (χ0n) is 8.23. The summed E-state index contributed by atoms with van der Waals surface area (Å²) >= 11 is 0.